The van der Waals surface area contributed by atoms with Gasteiger partial charge in [0.05, 0.1) is 11.2 Å². The van der Waals surface area contributed by atoms with Crippen molar-refractivity contribution >= 4 is 15.9 Å². The van der Waals surface area contributed by atoms with Gasteiger partial charge in [0.25, 0.3) is 0 Å². The third-order valence-corrected chi connectivity index (χ3v) is 3.45. The van der Waals surface area contributed by atoms with Gasteiger partial charge in [-0.15, -0.1) is 0 Å². The smallest absolute Gasteiger partial charge is 0.213 e. The molecular formula is C14H20BrNO2. The van der Waals surface area contributed by atoms with E-state index in [0.29, 0.717) is 5.88 Å². The van der Waals surface area contributed by atoms with Crippen LogP contribution in [0.3, 0.4) is 0 Å². The summed E-state index contributed by atoms with van der Waals surface area (Å²) >= 11 is 3.37. The van der Waals surface area contributed by atoms with Crippen LogP contribution in [0.15, 0.2) is 22.8 Å². The van der Waals surface area contributed by atoms with E-state index >= 15 is 0 Å². The van der Waals surface area contributed by atoms with Crippen LogP contribution in [0.2, 0.25) is 0 Å². The first-order chi connectivity index (χ1) is 8.26. The van der Waals surface area contributed by atoms with E-state index in [1.165, 1.54) is 0 Å². The van der Waals surface area contributed by atoms with Crippen LogP contribution in [0.1, 0.15) is 40.5 Å². The van der Waals surface area contributed by atoms with Gasteiger partial charge in [0, 0.05) is 29.6 Å². The molecule has 1 aliphatic rings. The van der Waals surface area contributed by atoms with Crippen LogP contribution < -0.4 is 4.74 Å². The van der Waals surface area contributed by atoms with Crippen molar-refractivity contribution in [3.05, 3.63) is 22.8 Å². The number of aromatic nitrogens is 1. The summed E-state index contributed by atoms with van der Waals surface area (Å²) in [5, 5.41) is 0. The van der Waals surface area contributed by atoms with Crippen molar-refractivity contribution < 1.29 is 9.47 Å². The zero-order chi connectivity index (χ0) is 13.4. The highest BCUT2D eigenvalue weighted by Gasteiger charge is 2.40. The minimum Gasteiger partial charge on any atom is -0.474 e. The van der Waals surface area contributed by atoms with Gasteiger partial charge in [-0.1, -0.05) is 0 Å². The fourth-order valence-electron chi connectivity index (χ4n) is 2.69. The molecule has 0 atom stereocenters. The van der Waals surface area contributed by atoms with E-state index in [9.17, 15) is 0 Å². The Bertz CT molecular complexity index is 398. The van der Waals surface area contributed by atoms with E-state index in [4.69, 9.17) is 9.47 Å². The first-order valence-corrected chi connectivity index (χ1v) is 7.03. The second-order valence-corrected chi connectivity index (χ2v) is 7.00. The molecule has 0 spiro atoms. The first-order valence-electron chi connectivity index (χ1n) is 6.24. The molecule has 1 aromatic rings. The molecule has 0 saturated carbocycles. The molecule has 0 bridgehead atoms. The fraction of sp³-hybridized carbons (Fsp3) is 0.643. The van der Waals surface area contributed by atoms with Crippen molar-refractivity contribution in [2.45, 2.75) is 57.8 Å². The van der Waals surface area contributed by atoms with Crippen LogP contribution in [-0.4, -0.2) is 22.3 Å². The van der Waals surface area contributed by atoms with Gasteiger partial charge in [0.2, 0.25) is 5.88 Å². The molecule has 4 heteroatoms. The van der Waals surface area contributed by atoms with Gasteiger partial charge in [-0.2, -0.15) is 0 Å². The number of hydrogen-bond donors (Lipinski definition) is 0. The summed E-state index contributed by atoms with van der Waals surface area (Å²) in [7, 11) is 0. The quantitative estimate of drug-likeness (QED) is 0.828. The maximum Gasteiger partial charge on any atom is 0.213 e. The van der Waals surface area contributed by atoms with Crippen molar-refractivity contribution in [1.82, 2.24) is 4.98 Å². The maximum atomic E-state index is 6.04. The Labute approximate surface area is 117 Å². The highest BCUT2D eigenvalue weighted by Crippen LogP contribution is 2.36. The molecule has 3 nitrogen and oxygen atoms in total. The molecule has 1 aliphatic heterocycles. The van der Waals surface area contributed by atoms with Gasteiger partial charge < -0.3 is 9.47 Å². The predicted molar refractivity (Wildman–Crippen MR) is 74.8 cm³/mol. The van der Waals surface area contributed by atoms with Crippen LogP contribution in [0.5, 0.6) is 5.88 Å². The summed E-state index contributed by atoms with van der Waals surface area (Å²) in [6.07, 6.45) is 3.67. The van der Waals surface area contributed by atoms with Crippen LogP contribution in [0, 0.1) is 0 Å². The largest absolute Gasteiger partial charge is 0.474 e. The van der Waals surface area contributed by atoms with Gasteiger partial charge in [-0.3, -0.25) is 0 Å². The van der Waals surface area contributed by atoms with Gasteiger partial charge >= 0.3 is 0 Å². The fourth-order valence-corrected chi connectivity index (χ4v) is 2.92. The highest BCUT2D eigenvalue weighted by atomic mass is 79.9. The summed E-state index contributed by atoms with van der Waals surface area (Å²) in [6.45, 7) is 8.44. The van der Waals surface area contributed by atoms with E-state index < -0.39 is 0 Å². The Kier molecular flexibility index (Phi) is 3.70. The lowest BCUT2D eigenvalue weighted by atomic mass is 9.87. The molecule has 0 unspecified atom stereocenters. The Morgan fingerprint density at radius 1 is 1.22 bits per heavy atom. The zero-order valence-corrected chi connectivity index (χ0v) is 13.0. The predicted octanol–water partition coefficient (Wildman–Crippen LogP) is 3.96. The topological polar surface area (TPSA) is 31.4 Å². The van der Waals surface area contributed by atoms with Crippen molar-refractivity contribution in [1.29, 1.82) is 0 Å². The molecule has 0 aliphatic carbocycles. The van der Waals surface area contributed by atoms with E-state index in [2.05, 4.69) is 48.6 Å². The molecule has 0 amide bonds. The summed E-state index contributed by atoms with van der Waals surface area (Å²) in [5.41, 5.74) is -0.302. The molecule has 2 rings (SSSR count). The second kappa shape index (κ2) is 4.82. The average Bonchev–Trinajstić information content (AvgIpc) is 2.16. The lowest BCUT2D eigenvalue weighted by molar-refractivity contribution is -0.182. The normalized spacial score (nSPS) is 22.7. The van der Waals surface area contributed by atoms with Crippen molar-refractivity contribution in [3.63, 3.8) is 0 Å². The molecule has 1 saturated heterocycles. The Balaban J connectivity index is 2.07. The van der Waals surface area contributed by atoms with Crippen molar-refractivity contribution in [3.8, 4) is 5.88 Å². The standard InChI is InChI=1S/C14H20BrNO2/c1-13(2)7-11(8-14(3,4)18-13)17-12-6-5-10(15)9-16-12/h5-6,9,11H,7-8H2,1-4H3. The number of halogens is 1. The van der Waals surface area contributed by atoms with E-state index in [1.807, 2.05) is 12.1 Å². The van der Waals surface area contributed by atoms with E-state index in [1.54, 1.807) is 6.20 Å². The number of ether oxygens (including phenoxy) is 2. The second-order valence-electron chi connectivity index (χ2n) is 6.08. The Hall–Kier alpha value is -0.610. The molecule has 0 N–H and O–H groups in total. The lowest BCUT2D eigenvalue weighted by Crippen LogP contribution is -2.49. The summed E-state index contributed by atoms with van der Waals surface area (Å²) in [4.78, 5) is 4.26. The SMILES string of the molecule is CC1(C)CC(Oc2ccc(Br)cn2)CC(C)(C)O1. The summed E-state index contributed by atoms with van der Waals surface area (Å²) in [5.74, 6) is 0.678. The summed E-state index contributed by atoms with van der Waals surface area (Å²) in [6, 6.07) is 3.83. The first kappa shape index (κ1) is 13.8. The molecule has 0 aromatic carbocycles. The average molecular weight is 314 g/mol. The van der Waals surface area contributed by atoms with Gasteiger partial charge in [0.15, 0.2) is 0 Å². The molecular weight excluding hydrogens is 294 g/mol. The van der Waals surface area contributed by atoms with Crippen molar-refractivity contribution in [2.24, 2.45) is 0 Å². The third kappa shape index (κ3) is 3.69. The third-order valence-electron chi connectivity index (χ3n) is 2.98. The minimum absolute atomic E-state index is 0.150. The molecule has 18 heavy (non-hydrogen) atoms. The van der Waals surface area contributed by atoms with Crippen LogP contribution in [0.4, 0.5) is 0 Å². The molecule has 1 fully saturated rings. The number of hydrogen-bond acceptors (Lipinski definition) is 3. The number of pyridine rings is 1. The van der Waals surface area contributed by atoms with Crippen molar-refractivity contribution in [2.75, 3.05) is 0 Å². The van der Waals surface area contributed by atoms with E-state index in [0.717, 1.165) is 17.3 Å². The molecule has 0 radical (unpaired) electrons. The van der Waals surface area contributed by atoms with Crippen LogP contribution in [-0.2, 0) is 4.74 Å². The summed E-state index contributed by atoms with van der Waals surface area (Å²) < 4.78 is 13.0. The molecule has 2 heterocycles. The monoisotopic (exact) mass is 313 g/mol. The van der Waals surface area contributed by atoms with Gasteiger partial charge in [0.1, 0.15) is 6.10 Å². The van der Waals surface area contributed by atoms with E-state index in [-0.39, 0.29) is 17.3 Å². The van der Waals surface area contributed by atoms with Crippen LogP contribution >= 0.6 is 15.9 Å². The maximum absolute atomic E-state index is 6.04. The van der Waals surface area contributed by atoms with Gasteiger partial charge in [-0.05, 0) is 49.7 Å². The molecule has 1 aromatic heterocycles. The Morgan fingerprint density at radius 2 is 1.83 bits per heavy atom. The van der Waals surface area contributed by atoms with Crippen LogP contribution in [0.25, 0.3) is 0 Å². The minimum atomic E-state index is -0.151. The highest BCUT2D eigenvalue weighted by molar-refractivity contribution is 9.10. The number of rotatable bonds is 2. The van der Waals surface area contributed by atoms with Gasteiger partial charge in [-0.25, -0.2) is 4.98 Å². The zero-order valence-electron chi connectivity index (χ0n) is 11.4. The Morgan fingerprint density at radius 3 is 2.33 bits per heavy atom. The number of nitrogens with zero attached hydrogens (tertiary/aromatic N) is 1. The molecule has 100 valence electrons. The lowest BCUT2D eigenvalue weighted by Gasteiger charge is -2.44.